The fraction of sp³-hybridized carbons (Fsp3) is 0.588. The second-order valence-electron chi connectivity index (χ2n) is 6.20. The zero-order valence-corrected chi connectivity index (χ0v) is 13.2. The van der Waals surface area contributed by atoms with E-state index in [1.54, 1.807) is 0 Å². The highest BCUT2D eigenvalue weighted by Crippen LogP contribution is 2.33. The van der Waals surface area contributed by atoms with Gasteiger partial charge >= 0.3 is 0 Å². The standard InChI is InChI=1S/C17H26N2O2/c1-12(2)9-10-18-16(20)11-21-15-6-4-5-14-8-7-13(3)19-17(14)15/h4-6,12-13,19H,7-11H2,1-3H3,(H,18,20). The maximum absolute atomic E-state index is 11.8. The molecule has 0 aromatic heterocycles. The lowest BCUT2D eigenvalue weighted by atomic mass is 9.98. The predicted molar refractivity (Wildman–Crippen MR) is 85.8 cm³/mol. The van der Waals surface area contributed by atoms with Gasteiger partial charge in [-0.2, -0.15) is 0 Å². The first-order chi connectivity index (χ1) is 10.1. The Balaban J connectivity index is 1.87. The molecule has 116 valence electrons. The number of nitrogens with one attached hydrogen (secondary N) is 2. The highest BCUT2D eigenvalue weighted by atomic mass is 16.5. The third-order valence-corrected chi connectivity index (χ3v) is 3.75. The summed E-state index contributed by atoms with van der Waals surface area (Å²) in [6.07, 6.45) is 3.18. The maximum atomic E-state index is 11.8. The summed E-state index contributed by atoms with van der Waals surface area (Å²) < 4.78 is 5.70. The van der Waals surface area contributed by atoms with Crippen molar-refractivity contribution in [3.8, 4) is 5.75 Å². The van der Waals surface area contributed by atoms with Gasteiger partial charge in [-0.1, -0.05) is 26.0 Å². The highest BCUT2D eigenvalue weighted by molar-refractivity contribution is 5.78. The van der Waals surface area contributed by atoms with Gasteiger partial charge in [0, 0.05) is 12.6 Å². The Morgan fingerprint density at radius 2 is 2.29 bits per heavy atom. The molecule has 1 aromatic carbocycles. The summed E-state index contributed by atoms with van der Waals surface area (Å²) in [5.41, 5.74) is 2.32. The van der Waals surface area contributed by atoms with Gasteiger partial charge in [0.25, 0.3) is 5.91 Å². The summed E-state index contributed by atoms with van der Waals surface area (Å²) >= 11 is 0. The number of carbonyl (C=O) groups is 1. The Bertz CT molecular complexity index is 486. The van der Waals surface area contributed by atoms with Gasteiger partial charge in [0.05, 0.1) is 5.69 Å². The first-order valence-electron chi connectivity index (χ1n) is 7.84. The maximum Gasteiger partial charge on any atom is 0.257 e. The molecule has 1 aromatic rings. The van der Waals surface area contributed by atoms with E-state index in [0.717, 1.165) is 30.7 Å². The Labute approximate surface area is 127 Å². The summed E-state index contributed by atoms with van der Waals surface area (Å²) in [6, 6.07) is 6.47. The van der Waals surface area contributed by atoms with Crippen LogP contribution < -0.4 is 15.4 Å². The number of hydrogen-bond donors (Lipinski definition) is 2. The van der Waals surface area contributed by atoms with Gasteiger partial charge in [-0.05, 0) is 43.7 Å². The smallest absolute Gasteiger partial charge is 0.257 e. The largest absolute Gasteiger partial charge is 0.482 e. The number of aryl methyl sites for hydroxylation is 1. The topological polar surface area (TPSA) is 50.4 Å². The highest BCUT2D eigenvalue weighted by Gasteiger charge is 2.18. The van der Waals surface area contributed by atoms with Gasteiger partial charge in [-0.3, -0.25) is 4.79 Å². The third kappa shape index (κ3) is 4.66. The Hall–Kier alpha value is -1.71. The fourth-order valence-corrected chi connectivity index (χ4v) is 2.45. The molecule has 0 radical (unpaired) electrons. The molecule has 0 saturated carbocycles. The zero-order valence-electron chi connectivity index (χ0n) is 13.2. The van der Waals surface area contributed by atoms with Crippen LogP contribution in [0.15, 0.2) is 18.2 Å². The molecule has 0 spiro atoms. The monoisotopic (exact) mass is 290 g/mol. The lowest BCUT2D eigenvalue weighted by molar-refractivity contribution is -0.123. The van der Waals surface area contributed by atoms with Crippen LogP contribution in [0.5, 0.6) is 5.75 Å². The van der Waals surface area contributed by atoms with E-state index in [4.69, 9.17) is 4.74 Å². The van der Waals surface area contributed by atoms with E-state index in [1.165, 1.54) is 5.56 Å². The minimum atomic E-state index is -0.0582. The molecule has 1 amide bonds. The van der Waals surface area contributed by atoms with Gasteiger partial charge in [-0.15, -0.1) is 0 Å². The molecule has 21 heavy (non-hydrogen) atoms. The molecule has 4 nitrogen and oxygen atoms in total. The van der Waals surface area contributed by atoms with E-state index in [1.807, 2.05) is 12.1 Å². The van der Waals surface area contributed by atoms with Gasteiger partial charge in [0.15, 0.2) is 6.61 Å². The van der Waals surface area contributed by atoms with Gasteiger partial charge in [0.1, 0.15) is 5.75 Å². The van der Waals surface area contributed by atoms with Crippen molar-refractivity contribution in [2.24, 2.45) is 5.92 Å². The molecule has 1 heterocycles. The van der Waals surface area contributed by atoms with E-state index >= 15 is 0 Å². The first-order valence-corrected chi connectivity index (χ1v) is 7.84. The van der Waals surface area contributed by atoms with E-state index in [-0.39, 0.29) is 12.5 Å². The number of anilines is 1. The van der Waals surface area contributed by atoms with Crippen molar-refractivity contribution in [1.29, 1.82) is 0 Å². The molecule has 0 aliphatic carbocycles. The number of rotatable bonds is 6. The van der Waals surface area contributed by atoms with Crippen LogP contribution in [0.1, 0.15) is 39.2 Å². The van der Waals surface area contributed by atoms with Crippen LogP contribution in [0.3, 0.4) is 0 Å². The molecule has 1 unspecified atom stereocenters. The number of benzene rings is 1. The van der Waals surface area contributed by atoms with E-state index < -0.39 is 0 Å². The minimum Gasteiger partial charge on any atom is -0.482 e. The van der Waals surface area contributed by atoms with Crippen molar-refractivity contribution in [1.82, 2.24) is 5.32 Å². The van der Waals surface area contributed by atoms with Crippen LogP contribution in [0.4, 0.5) is 5.69 Å². The number of amides is 1. The van der Waals surface area contributed by atoms with Crippen molar-refractivity contribution >= 4 is 11.6 Å². The summed E-state index contributed by atoms with van der Waals surface area (Å²) in [5.74, 6) is 1.31. The second kappa shape index (κ2) is 7.34. The second-order valence-corrected chi connectivity index (χ2v) is 6.20. The SMILES string of the molecule is CC(C)CCNC(=O)COc1cccc2c1NC(C)CC2. The van der Waals surface area contributed by atoms with Gasteiger partial charge in [0.2, 0.25) is 0 Å². The van der Waals surface area contributed by atoms with Crippen LogP contribution in [-0.4, -0.2) is 25.1 Å². The minimum absolute atomic E-state index is 0.0582. The summed E-state index contributed by atoms with van der Waals surface area (Å²) in [5, 5.41) is 6.34. The van der Waals surface area contributed by atoms with Crippen LogP contribution in [-0.2, 0) is 11.2 Å². The van der Waals surface area contributed by atoms with E-state index in [2.05, 4.69) is 37.5 Å². The van der Waals surface area contributed by atoms with Crippen molar-refractivity contribution < 1.29 is 9.53 Å². The molecule has 1 aliphatic rings. The quantitative estimate of drug-likeness (QED) is 0.847. The lowest BCUT2D eigenvalue weighted by Crippen LogP contribution is -2.30. The van der Waals surface area contributed by atoms with Crippen LogP contribution in [0.2, 0.25) is 0 Å². The van der Waals surface area contributed by atoms with Crippen LogP contribution in [0.25, 0.3) is 0 Å². The molecule has 0 saturated heterocycles. The van der Waals surface area contributed by atoms with Crippen LogP contribution >= 0.6 is 0 Å². The van der Waals surface area contributed by atoms with Gasteiger partial charge < -0.3 is 15.4 Å². The molecule has 1 aliphatic heterocycles. The van der Waals surface area contributed by atoms with Crippen molar-refractivity contribution in [3.63, 3.8) is 0 Å². The molecule has 2 N–H and O–H groups in total. The molecular weight excluding hydrogens is 264 g/mol. The average molecular weight is 290 g/mol. The summed E-state index contributed by atoms with van der Waals surface area (Å²) in [6.45, 7) is 7.24. The van der Waals surface area contributed by atoms with Crippen molar-refractivity contribution in [3.05, 3.63) is 23.8 Å². The van der Waals surface area contributed by atoms with Crippen LogP contribution in [0, 0.1) is 5.92 Å². The Morgan fingerprint density at radius 3 is 3.05 bits per heavy atom. The van der Waals surface area contributed by atoms with Crippen molar-refractivity contribution in [2.75, 3.05) is 18.5 Å². The predicted octanol–water partition coefficient (Wildman–Crippen LogP) is 2.97. The fourth-order valence-electron chi connectivity index (χ4n) is 2.45. The molecular formula is C17H26N2O2. The molecule has 0 fully saturated rings. The van der Waals surface area contributed by atoms with E-state index in [0.29, 0.717) is 18.5 Å². The van der Waals surface area contributed by atoms with Gasteiger partial charge in [-0.25, -0.2) is 0 Å². The van der Waals surface area contributed by atoms with E-state index in [9.17, 15) is 4.79 Å². The first kappa shape index (κ1) is 15.7. The lowest BCUT2D eigenvalue weighted by Gasteiger charge is -2.26. The molecule has 4 heteroatoms. The number of hydrogen-bond acceptors (Lipinski definition) is 3. The number of ether oxygens (including phenoxy) is 1. The third-order valence-electron chi connectivity index (χ3n) is 3.75. The summed E-state index contributed by atoms with van der Waals surface area (Å²) in [4.78, 5) is 11.8. The van der Waals surface area contributed by atoms with Crippen molar-refractivity contribution in [2.45, 2.75) is 46.1 Å². The molecule has 0 bridgehead atoms. The normalized spacial score (nSPS) is 17.0. The molecule has 2 rings (SSSR count). The Morgan fingerprint density at radius 1 is 1.48 bits per heavy atom. The summed E-state index contributed by atoms with van der Waals surface area (Å²) in [7, 11) is 0. The zero-order chi connectivity index (χ0) is 15.2. The number of carbonyl (C=O) groups excluding carboxylic acids is 1. The Kier molecular flexibility index (Phi) is 5.48. The number of fused-ring (bicyclic) bond motifs is 1. The number of para-hydroxylation sites is 1. The molecule has 1 atom stereocenters. The average Bonchev–Trinajstić information content (AvgIpc) is 2.44.